The molecular weight excluding hydrogens is 654 g/mol. The van der Waals surface area contributed by atoms with Gasteiger partial charge in [-0.05, 0) is 88.7 Å². The van der Waals surface area contributed by atoms with Gasteiger partial charge in [0.1, 0.15) is 11.6 Å². The van der Waals surface area contributed by atoms with Gasteiger partial charge in [0.15, 0.2) is 0 Å². The molecule has 9 nitrogen and oxygen atoms in total. The number of carbonyl (C=O) groups excluding carboxylic acids is 3. The monoisotopic (exact) mass is 715 g/mol. The third-order valence-electron chi connectivity index (χ3n) is 11.4. The van der Waals surface area contributed by atoms with Gasteiger partial charge in [-0.2, -0.15) is 0 Å². The van der Waals surface area contributed by atoms with Gasteiger partial charge in [0.05, 0.1) is 11.0 Å². The van der Waals surface area contributed by atoms with Gasteiger partial charge in [-0.3, -0.25) is 9.59 Å². The maximum Gasteiger partial charge on any atom is 0.408 e. The Balaban J connectivity index is 1.55. The Bertz CT molecular complexity index is 1610. The quantitative estimate of drug-likeness (QED) is 0.145. The van der Waals surface area contributed by atoms with Crippen LogP contribution in [0.2, 0.25) is 0 Å². The lowest BCUT2D eigenvalue weighted by Crippen LogP contribution is -2.59. The molecule has 0 unspecified atom stereocenters. The Hall–Kier alpha value is -4.14. The molecule has 3 amide bonds. The summed E-state index contributed by atoms with van der Waals surface area (Å²) in [5.41, 5.74) is 1.51. The fourth-order valence-electron chi connectivity index (χ4n) is 8.85. The highest BCUT2D eigenvalue weighted by atomic mass is 16.6. The number of carbonyl (C=O) groups is 4. The van der Waals surface area contributed by atoms with E-state index in [2.05, 4.69) is 38.7 Å². The molecule has 1 aliphatic carbocycles. The molecule has 1 aromatic carbocycles. The Kier molecular flexibility index (Phi) is 12.4. The fourth-order valence-corrected chi connectivity index (χ4v) is 8.85. The summed E-state index contributed by atoms with van der Waals surface area (Å²) < 4.78 is 5.48. The smallest absolute Gasteiger partial charge is 0.408 e. The van der Waals surface area contributed by atoms with Crippen LogP contribution in [0.4, 0.5) is 4.79 Å². The molecule has 1 saturated heterocycles. The van der Waals surface area contributed by atoms with Crippen LogP contribution in [-0.4, -0.2) is 76.6 Å². The van der Waals surface area contributed by atoms with E-state index in [9.17, 15) is 24.3 Å². The molecule has 284 valence electrons. The highest BCUT2D eigenvalue weighted by Crippen LogP contribution is 2.57. The van der Waals surface area contributed by atoms with E-state index in [0.717, 1.165) is 24.0 Å². The highest BCUT2D eigenvalue weighted by Gasteiger charge is 2.52. The van der Waals surface area contributed by atoms with Crippen molar-refractivity contribution in [1.29, 1.82) is 0 Å². The first-order chi connectivity index (χ1) is 24.2. The molecule has 1 aromatic rings. The van der Waals surface area contributed by atoms with E-state index in [4.69, 9.17) is 4.74 Å². The third-order valence-corrected chi connectivity index (χ3v) is 11.4. The largest absolute Gasteiger partial charge is 0.478 e. The summed E-state index contributed by atoms with van der Waals surface area (Å²) >= 11 is 0. The minimum Gasteiger partial charge on any atom is -0.478 e. The van der Waals surface area contributed by atoms with Gasteiger partial charge in [0, 0.05) is 31.6 Å². The molecule has 2 fully saturated rings. The Morgan fingerprint density at radius 2 is 1.65 bits per heavy atom. The molecule has 0 spiro atoms. The number of nitrogens with one attached hydrogen (secondary N) is 1. The molecule has 2 heterocycles. The number of likely N-dealkylation sites (tertiary alicyclic amines) is 1. The van der Waals surface area contributed by atoms with E-state index in [1.165, 1.54) is 5.57 Å². The average Bonchev–Trinajstić information content (AvgIpc) is 3.06. The first kappa shape index (κ1) is 40.6. The molecule has 0 radical (unpaired) electrons. The highest BCUT2D eigenvalue weighted by molar-refractivity contribution is 5.91. The van der Waals surface area contributed by atoms with Crippen LogP contribution >= 0.6 is 0 Å². The van der Waals surface area contributed by atoms with Crippen LogP contribution < -0.4 is 5.32 Å². The molecule has 52 heavy (non-hydrogen) atoms. The van der Waals surface area contributed by atoms with Crippen molar-refractivity contribution in [2.24, 2.45) is 22.7 Å². The number of allylic oxidation sites excluding steroid dienone is 3. The molecule has 1 saturated carbocycles. The van der Waals surface area contributed by atoms with Crippen LogP contribution in [0.3, 0.4) is 0 Å². The second-order valence-corrected chi connectivity index (χ2v) is 17.2. The second-order valence-electron chi connectivity index (χ2n) is 17.2. The van der Waals surface area contributed by atoms with Crippen LogP contribution in [0.25, 0.3) is 0 Å². The fraction of sp³-hybridized carbons (Fsp3) is 0.581. The zero-order valence-corrected chi connectivity index (χ0v) is 32.9. The summed E-state index contributed by atoms with van der Waals surface area (Å²) in [6.45, 7) is 24.2. The third kappa shape index (κ3) is 8.89. The number of hydrogen-bond acceptors (Lipinski definition) is 5. The first-order valence-electron chi connectivity index (χ1n) is 18.8. The van der Waals surface area contributed by atoms with Gasteiger partial charge >= 0.3 is 12.1 Å². The number of carboxylic acid groups (broad SMARTS) is 1. The molecule has 2 aliphatic heterocycles. The Labute approximate surface area is 311 Å². The number of aliphatic carboxylic acids is 1. The number of benzene rings is 1. The predicted molar refractivity (Wildman–Crippen MR) is 205 cm³/mol. The standard InChI is InChI=1S/C43H61N3O6/c1-11-31(37(48)49)18-17-30(4)33-19-21-42(10)28-46(24-20-35(42)41(33,8)9)38(50)43(32-15-13-12-14-16-32)22-25-45(26-23-43)36(47)34(27-29(2)3)44-39(51)52-40(5,6)7/h11-18,20,29,33-34H,4,19,21-28H2,1-3,5-10H3,(H,44,51)(H,48,49)/b18-17-,31-11+/t33-,34-,42-/m1/s1. The molecule has 2 N–H and O–H groups in total. The SMILES string of the molecule is C=C(/C=C\C(=C/C)C(=O)O)[C@H]1CC[C@]2(C)CN(C(=O)C3(c4ccccc4)CCN(C(=O)[C@@H](CC(C)C)NC(=O)OC(C)(C)C)CC3)CC=C2C1(C)C. The van der Waals surface area contributed by atoms with Gasteiger partial charge in [-0.15, -0.1) is 0 Å². The zero-order valence-electron chi connectivity index (χ0n) is 32.9. The summed E-state index contributed by atoms with van der Waals surface area (Å²) in [5.74, 6) is -0.702. The van der Waals surface area contributed by atoms with Gasteiger partial charge in [-0.1, -0.05) is 101 Å². The van der Waals surface area contributed by atoms with Gasteiger partial charge in [-0.25, -0.2) is 9.59 Å². The lowest BCUT2D eigenvalue weighted by molar-refractivity contribution is -0.145. The molecule has 3 aliphatic rings. The number of alkyl carbamates (subject to hydrolysis) is 1. The van der Waals surface area contributed by atoms with Crippen LogP contribution in [0, 0.1) is 22.7 Å². The normalized spacial score (nSPS) is 23.8. The summed E-state index contributed by atoms with van der Waals surface area (Å²) in [6.07, 6.45) is 9.90. The van der Waals surface area contributed by atoms with Gasteiger partial charge in [0.2, 0.25) is 11.8 Å². The number of fused-ring (bicyclic) bond motifs is 1. The van der Waals surface area contributed by atoms with Gasteiger partial charge < -0.3 is 25.0 Å². The van der Waals surface area contributed by atoms with Crippen molar-refractivity contribution >= 4 is 23.9 Å². The minimum absolute atomic E-state index is 0.0905. The van der Waals surface area contributed by atoms with E-state index in [1.54, 1.807) is 44.7 Å². The number of hydrogen-bond donors (Lipinski definition) is 2. The average molecular weight is 716 g/mol. The number of rotatable bonds is 10. The topological polar surface area (TPSA) is 116 Å². The van der Waals surface area contributed by atoms with Crippen LogP contribution in [0.1, 0.15) is 100.0 Å². The summed E-state index contributed by atoms with van der Waals surface area (Å²) in [5, 5.41) is 12.3. The van der Waals surface area contributed by atoms with Crippen molar-refractivity contribution < 1.29 is 29.0 Å². The van der Waals surface area contributed by atoms with E-state index < -0.39 is 29.1 Å². The maximum absolute atomic E-state index is 14.9. The minimum atomic E-state index is -0.960. The van der Waals surface area contributed by atoms with E-state index in [1.807, 2.05) is 55.2 Å². The number of ether oxygens (including phenoxy) is 1. The molecule has 4 rings (SSSR count). The van der Waals surface area contributed by atoms with Crippen molar-refractivity contribution in [3.8, 4) is 0 Å². The van der Waals surface area contributed by atoms with Crippen LogP contribution in [0.5, 0.6) is 0 Å². The number of carboxylic acids is 1. The summed E-state index contributed by atoms with van der Waals surface area (Å²) in [4.78, 5) is 56.9. The van der Waals surface area contributed by atoms with Crippen molar-refractivity contribution in [2.75, 3.05) is 26.2 Å². The van der Waals surface area contributed by atoms with Crippen LogP contribution in [-0.2, 0) is 24.5 Å². The zero-order chi connectivity index (χ0) is 38.6. The number of piperidine rings is 1. The van der Waals surface area contributed by atoms with Crippen molar-refractivity contribution in [3.63, 3.8) is 0 Å². The van der Waals surface area contributed by atoms with E-state index >= 15 is 0 Å². The van der Waals surface area contributed by atoms with Crippen molar-refractivity contribution in [2.45, 2.75) is 111 Å². The molecule has 3 atom stereocenters. The number of amides is 3. The Morgan fingerprint density at radius 3 is 2.21 bits per heavy atom. The van der Waals surface area contributed by atoms with Gasteiger partial charge in [0.25, 0.3) is 0 Å². The molecular formula is C43H61N3O6. The lowest BCUT2D eigenvalue weighted by atomic mass is 9.53. The van der Waals surface area contributed by atoms with E-state index in [-0.39, 0.29) is 40.1 Å². The first-order valence-corrected chi connectivity index (χ1v) is 18.8. The molecule has 9 heteroatoms. The van der Waals surface area contributed by atoms with Crippen LogP contribution in [0.15, 0.2) is 77.9 Å². The summed E-state index contributed by atoms with van der Waals surface area (Å²) in [7, 11) is 0. The second kappa shape index (κ2) is 15.8. The molecule has 0 aromatic heterocycles. The Morgan fingerprint density at radius 1 is 1.02 bits per heavy atom. The lowest BCUT2D eigenvalue weighted by Gasteiger charge is -2.55. The maximum atomic E-state index is 14.9. The summed E-state index contributed by atoms with van der Waals surface area (Å²) in [6, 6.07) is 9.26. The van der Waals surface area contributed by atoms with E-state index in [0.29, 0.717) is 45.4 Å². The van der Waals surface area contributed by atoms with Crippen molar-refractivity contribution in [3.05, 3.63) is 83.5 Å². The van der Waals surface area contributed by atoms with Crippen molar-refractivity contribution in [1.82, 2.24) is 15.1 Å². The predicted octanol–water partition coefficient (Wildman–Crippen LogP) is 7.84. The number of nitrogens with zero attached hydrogens (tertiary/aromatic N) is 2. The molecule has 0 bridgehead atoms.